The molecule has 3 nitrogen and oxygen atoms in total. The van der Waals surface area contributed by atoms with Crippen molar-refractivity contribution >= 4 is 23.2 Å². The van der Waals surface area contributed by atoms with E-state index in [1.165, 1.54) is 11.1 Å². The molecule has 0 aliphatic rings. The topological polar surface area (TPSA) is 41.1 Å². The molecule has 2 rings (SSSR count). The highest BCUT2D eigenvalue weighted by molar-refractivity contribution is 6.30. The lowest BCUT2D eigenvalue weighted by molar-refractivity contribution is -0.115. The lowest BCUT2D eigenvalue weighted by Crippen LogP contribution is -2.27. The first-order valence-electron chi connectivity index (χ1n) is 6.45. The summed E-state index contributed by atoms with van der Waals surface area (Å²) < 4.78 is 0. The zero-order valence-electron chi connectivity index (χ0n) is 11.3. The number of amides is 1. The van der Waals surface area contributed by atoms with E-state index in [0.717, 1.165) is 0 Å². The molecule has 0 aliphatic carbocycles. The van der Waals surface area contributed by atoms with Crippen LogP contribution in [0.4, 0.5) is 5.69 Å². The zero-order valence-corrected chi connectivity index (χ0v) is 12.1. The van der Waals surface area contributed by atoms with Crippen molar-refractivity contribution < 1.29 is 4.79 Å². The largest absolute Gasteiger partial charge is 0.325 e. The number of carbonyl (C=O) groups is 1. The summed E-state index contributed by atoms with van der Waals surface area (Å²) in [6.07, 6.45) is 0. The van der Waals surface area contributed by atoms with Crippen LogP contribution in [-0.2, 0) is 11.3 Å². The number of hydrogen-bond acceptors (Lipinski definition) is 2. The van der Waals surface area contributed by atoms with Gasteiger partial charge in [-0.15, -0.1) is 0 Å². The molecule has 0 saturated heterocycles. The monoisotopic (exact) mass is 288 g/mol. The van der Waals surface area contributed by atoms with Crippen LogP contribution >= 0.6 is 11.6 Å². The molecule has 0 aromatic heterocycles. The van der Waals surface area contributed by atoms with Crippen LogP contribution in [0.2, 0.25) is 5.02 Å². The van der Waals surface area contributed by atoms with Gasteiger partial charge < -0.3 is 10.6 Å². The Kier molecular flexibility index (Phi) is 5.16. The van der Waals surface area contributed by atoms with E-state index in [-0.39, 0.29) is 12.5 Å². The van der Waals surface area contributed by atoms with Crippen molar-refractivity contribution in [1.82, 2.24) is 5.32 Å². The van der Waals surface area contributed by atoms with Gasteiger partial charge in [0.25, 0.3) is 0 Å². The SMILES string of the molecule is Cc1cccc(CNCC(=O)Nc2cccc(Cl)c2)c1. The quantitative estimate of drug-likeness (QED) is 0.885. The van der Waals surface area contributed by atoms with E-state index in [1.807, 2.05) is 18.2 Å². The molecule has 0 aliphatic heterocycles. The molecule has 0 unspecified atom stereocenters. The fourth-order valence-electron chi connectivity index (χ4n) is 1.91. The summed E-state index contributed by atoms with van der Waals surface area (Å²) in [4.78, 5) is 11.8. The third kappa shape index (κ3) is 4.68. The van der Waals surface area contributed by atoms with Crippen molar-refractivity contribution in [1.29, 1.82) is 0 Å². The Bertz CT molecular complexity index is 599. The molecule has 0 radical (unpaired) electrons. The molecule has 2 aromatic rings. The third-order valence-corrected chi connectivity index (χ3v) is 3.04. The molecule has 0 bridgehead atoms. The van der Waals surface area contributed by atoms with Gasteiger partial charge in [-0.05, 0) is 30.7 Å². The maximum atomic E-state index is 11.8. The zero-order chi connectivity index (χ0) is 14.4. The Morgan fingerprint density at radius 2 is 1.95 bits per heavy atom. The second-order valence-electron chi connectivity index (χ2n) is 4.65. The second kappa shape index (κ2) is 7.08. The second-order valence-corrected chi connectivity index (χ2v) is 5.09. The maximum absolute atomic E-state index is 11.8. The molecule has 0 fully saturated rings. The van der Waals surface area contributed by atoms with E-state index < -0.39 is 0 Å². The van der Waals surface area contributed by atoms with Gasteiger partial charge in [0.15, 0.2) is 0 Å². The Morgan fingerprint density at radius 3 is 2.70 bits per heavy atom. The number of hydrogen-bond donors (Lipinski definition) is 2. The van der Waals surface area contributed by atoms with Crippen molar-refractivity contribution in [2.75, 3.05) is 11.9 Å². The van der Waals surface area contributed by atoms with Gasteiger partial charge in [0.1, 0.15) is 0 Å². The van der Waals surface area contributed by atoms with E-state index in [2.05, 4.69) is 29.7 Å². The summed E-state index contributed by atoms with van der Waals surface area (Å²) in [5.41, 5.74) is 3.09. The van der Waals surface area contributed by atoms with Gasteiger partial charge in [-0.2, -0.15) is 0 Å². The van der Waals surface area contributed by atoms with Crippen LogP contribution in [0.3, 0.4) is 0 Å². The minimum atomic E-state index is -0.0834. The minimum absolute atomic E-state index is 0.0834. The summed E-state index contributed by atoms with van der Waals surface area (Å²) in [5.74, 6) is -0.0834. The van der Waals surface area contributed by atoms with Crippen LogP contribution in [0, 0.1) is 6.92 Å². The minimum Gasteiger partial charge on any atom is -0.325 e. The van der Waals surface area contributed by atoms with Crippen molar-refractivity contribution in [2.45, 2.75) is 13.5 Å². The molecule has 0 atom stereocenters. The van der Waals surface area contributed by atoms with E-state index in [0.29, 0.717) is 17.3 Å². The standard InChI is InChI=1S/C16H17ClN2O/c1-12-4-2-5-13(8-12)10-18-11-16(20)19-15-7-3-6-14(17)9-15/h2-9,18H,10-11H2,1H3,(H,19,20). The van der Waals surface area contributed by atoms with Crippen LogP contribution in [-0.4, -0.2) is 12.5 Å². The average molecular weight is 289 g/mol. The molecule has 0 spiro atoms. The Morgan fingerprint density at radius 1 is 1.15 bits per heavy atom. The molecular weight excluding hydrogens is 272 g/mol. The average Bonchev–Trinajstić information content (AvgIpc) is 2.38. The first-order valence-corrected chi connectivity index (χ1v) is 6.83. The number of benzene rings is 2. The molecule has 2 aromatic carbocycles. The van der Waals surface area contributed by atoms with Gasteiger partial charge >= 0.3 is 0 Å². The van der Waals surface area contributed by atoms with Gasteiger partial charge in [-0.1, -0.05) is 47.5 Å². The summed E-state index contributed by atoms with van der Waals surface area (Å²) >= 11 is 5.86. The van der Waals surface area contributed by atoms with Crippen molar-refractivity contribution in [3.63, 3.8) is 0 Å². The summed E-state index contributed by atoms with van der Waals surface area (Å²) in [5, 5.41) is 6.52. The van der Waals surface area contributed by atoms with Crippen LogP contribution in [0.25, 0.3) is 0 Å². The number of nitrogens with one attached hydrogen (secondary N) is 2. The molecule has 4 heteroatoms. The first kappa shape index (κ1) is 14.6. The van der Waals surface area contributed by atoms with E-state index in [9.17, 15) is 4.79 Å². The summed E-state index contributed by atoms with van der Waals surface area (Å²) in [6, 6.07) is 15.3. The van der Waals surface area contributed by atoms with Crippen LogP contribution in [0.15, 0.2) is 48.5 Å². The highest BCUT2D eigenvalue weighted by Crippen LogP contribution is 2.14. The Balaban J connectivity index is 1.78. The summed E-state index contributed by atoms with van der Waals surface area (Å²) in [6.45, 7) is 2.99. The smallest absolute Gasteiger partial charge is 0.238 e. The maximum Gasteiger partial charge on any atom is 0.238 e. The fourth-order valence-corrected chi connectivity index (χ4v) is 2.10. The molecule has 0 saturated carbocycles. The lowest BCUT2D eigenvalue weighted by Gasteiger charge is -2.07. The van der Waals surface area contributed by atoms with E-state index in [1.54, 1.807) is 18.2 Å². The number of halogens is 1. The van der Waals surface area contributed by atoms with E-state index in [4.69, 9.17) is 11.6 Å². The lowest BCUT2D eigenvalue weighted by atomic mass is 10.1. The van der Waals surface area contributed by atoms with Gasteiger partial charge in [0, 0.05) is 17.3 Å². The fraction of sp³-hybridized carbons (Fsp3) is 0.188. The normalized spacial score (nSPS) is 10.3. The van der Waals surface area contributed by atoms with Crippen molar-refractivity contribution in [3.8, 4) is 0 Å². The van der Waals surface area contributed by atoms with E-state index >= 15 is 0 Å². The first-order chi connectivity index (χ1) is 9.63. The predicted molar refractivity (Wildman–Crippen MR) is 83.0 cm³/mol. The van der Waals surface area contributed by atoms with Gasteiger partial charge in [0.05, 0.1) is 6.54 Å². The number of aryl methyl sites for hydroxylation is 1. The van der Waals surface area contributed by atoms with Gasteiger partial charge in [-0.25, -0.2) is 0 Å². The summed E-state index contributed by atoms with van der Waals surface area (Å²) in [7, 11) is 0. The number of anilines is 1. The predicted octanol–water partition coefficient (Wildman–Crippen LogP) is 3.38. The van der Waals surface area contributed by atoms with Crippen molar-refractivity contribution in [2.24, 2.45) is 0 Å². The molecule has 1 amide bonds. The van der Waals surface area contributed by atoms with Crippen LogP contribution in [0.5, 0.6) is 0 Å². The van der Waals surface area contributed by atoms with Crippen LogP contribution < -0.4 is 10.6 Å². The third-order valence-electron chi connectivity index (χ3n) is 2.81. The molecule has 0 heterocycles. The highest BCUT2D eigenvalue weighted by Gasteiger charge is 2.02. The Hall–Kier alpha value is -1.84. The number of carbonyl (C=O) groups excluding carboxylic acids is 1. The molecule has 104 valence electrons. The van der Waals surface area contributed by atoms with Crippen molar-refractivity contribution in [3.05, 3.63) is 64.7 Å². The van der Waals surface area contributed by atoms with Gasteiger partial charge in [0.2, 0.25) is 5.91 Å². The van der Waals surface area contributed by atoms with Crippen LogP contribution in [0.1, 0.15) is 11.1 Å². The highest BCUT2D eigenvalue weighted by atomic mass is 35.5. The molecule has 20 heavy (non-hydrogen) atoms. The molecule has 2 N–H and O–H groups in total. The number of rotatable bonds is 5. The van der Waals surface area contributed by atoms with Gasteiger partial charge in [-0.3, -0.25) is 4.79 Å². The molecular formula is C16H17ClN2O. The Labute approximate surface area is 124 Å².